The molecule has 0 bridgehead atoms. The highest BCUT2D eigenvalue weighted by Crippen LogP contribution is 2.68. The second-order valence-corrected chi connectivity index (χ2v) is 14.4. The monoisotopic (exact) mass is 448 g/mol. The maximum absolute atomic E-state index is 11.2. The molecule has 186 valence electrons. The fourth-order valence-corrected chi connectivity index (χ4v) is 9.45. The van der Waals surface area contributed by atoms with Crippen LogP contribution in [0.25, 0.3) is 0 Å². The van der Waals surface area contributed by atoms with Crippen LogP contribution in [0.5, 0.6) is 0 Å². The lowest BCUT2D eigenvalue weighted by Crippen LogP contribution is -2.60. The van der Waals surface area contributed by atoms with Crippen LogP contribution in [0.2, 0.25) is 0 Å². The van der Waals surface area contributed by atoms with Crippen LogP contribution >= 0.6 is 0 Å². The summed E-state index contributed by atoms with van der Waals surface area (Å²) in [7, 11) is 0. The molecule has 0 heterocycles. The van der Waals surface area contributed by atoms with Gasteiger partial charge in [0.1, 0.15) is 0 Å². The van der Waals surface area contributed by atoms with E-state index >= 15 is 0 Å². The van der Waals surface area contributed by atoms with Gasteiger partial charge in [-0.3, -0.25) is 0 Å². The van der Waals surface area contributed by atoms with Gasteiger partial charge in [0.2, 0.25) is 0 Å². The van der Waals surface area contributed by atoms with Gasteiger partial charge in [0, 0.05) is 0 Å². The number of aliphatic hydroxyl groups excluding tert-OH is 3. The summed E-state index contributed by atoms with van der Waals surface area (Å²) in [6.07, 6.45) is 8.40. The fourth-order valence-electron chi connectivity index (χ4n) is 9.45. The predicted molar refractivity (Wildman–Crippen MR) is 131 cm³/mol. The number of rotatable bonds is 4. The van der Waals surface area contributed by atoms with Gasteiger partial charge in [0.15, 0.2) is 0 Å². The Bertz CT molecular complexity index is 670. The van der Waals surface area contributed by atoms with Gasteiger partial charge in [-0.05, 0) is 109 Å². The smallest absolute Gasteiger partial charge is 0.0804 e. The van der Waals surface area contributed by atoms with Crippen molar-refractivity contribution in [2.24, 2.45) is 57.7 Å². The molecule has 3 N–H and O–H groups in total. The van der Waals surface area contributed by atoms with Gasteiger partial charge in [-0.1, -0.05) is 54.9 Å². The van der Waals surface area contributed by atoms with Crippen molar-refractivity contribution in [2.75, 3.05) is 0 Å². The normalized spacial score (nSPS) is 50.8. The summed E-state index contributed by atoms with van der Waals surface area (Å²) in [5.41, 5.74) is 0.762. The lowest BCUT2D eigenvalue weighted by molar-refractivity contribution is -0.195. The van der Waals surface area contributed by atoms with E-state index in [4.69, 9.17) is 0 Å². The second kappa shape index (κ2) is 8.52. The Labute approximate surface area is 197 Å². The van der Waals surface area contributed by atoms with Gasteiger partial charge in [-0.2, -0.15) is 0 Å². The number of aliphatic hydroxyl groups is 3. The molecule has 32 heavy (non-hydrogen) atoms. The van der Waals surface area contributed by atoms with Crippen LogP contribution in [-0.4, -0.2) is 33.6 Å². The third-order valence-electron chi connectivity index (χ3n) is 12.0. The molecule has 0 radical (unpaired) electrons. The first-order valence-corrected chi connectivity index (χ1v) is 13.8. The second-order valence-electron chi connectivity index (χ2n) is 14.4. The summed E-state index contributed by atoms with van der Waals surface area (Å²) in [4.78, 5) is 0. The summed E-state index contributed by atoms with van der Waals surface area (Å²) >= 11 is 0. The highest BCUT2D eigenvalue weighted by atomic mass is 16.3. The largest absolute Gasteiger partial charge is 0.393 e. The van der Waals surface area contributed by atoms with E-state index in [0.717, 1.165) is 24.2 Å². The van der Waals surface area contributed by atoms with E-state index in [1.54, 1.807) is 0 Å². The molecule has 4 fully saturated rings. The van der Waals surface area contributed by atoms with Crippen LogP contribution in [0.3, 0.4) is 0 Å². The molecule has 0 aromatic rings. The van der Waals surface area contributed by atoms with E-state index in [-0.39, 0.29) is 17.4 Å². The van der Waals surface area contributed by atoms with Gasteiger partial charge in [-0.15, -0.1) is 0 Å². The van der Waals surface area contributed by atoms with Crippen molar-refractivity contribution in [1.82, 2.24) is 0 Å². The zero-order chi connectivity index (χ0) is 23.6. The van der Waals surface area contributed by atoms with E-state index in [1.165, 1.54) is 38.5 Å². The maximum Gasteiger partial charge on any atom is 0.0804 e. The topological polar surface area (TPSA) is 60.7 Å². The van der Waals surface area contributed by atoms with Gasteiger partial charge in [0.25, 0.3) is 0 Å². The molecule has 0 spiro atoms. The highest BCUT2D eigenvalue weighted by molar-refractivity contribution is 5.12. The molecule has 4 aliphatic rings. The van der Waals surface area contributed by atoms with Crippen molar-refractivity contribution in [1.29, 1.82) is 0 Å². The number of fused-ring (bicyclic) bond motifs is 5. The van der Waals surface area contributed by atoms with Crippen LogP contribution in [-0.2, 0) is 0 Å². The Morgan fingerprint density at radius 2 is 1.44 bits per heavy atom. The van der Waals surface area contributed by atoms with Crippen LogP contribution in [0, 0.1) is 57.7 Å². The summed E-state index contributed by atoms with van der Waals surface area (Å²) in [5, 5.41) is 32.1. The van der Waals surface area contributed by atoms with Crippen molar-refractivity contribution >= 4 is 0 Å². The van der Waals surface area contributed by atoms with Crippen LogP contribution in [0.4, 0.5) is 0 Å². The molecule has 0 amide bonds. The Kier molecular flexibility index (Phi) is 6.65. The number of hydrogen-bond acceptors (Lipinski definition) is 3. The zero-order valence-electron chi connectivity index (χ0n) is 22.0. The predicted octanol–water partition coefficient (Wildman–Crippen LogP) is 6.05. The molecular weight excluding hydrogens is 396 g/mol. The summed E-state index contributed by atoms with van der Waals surface area (Å²) in [6, 6.07) is 0. The average molecular weight is 449 g/mol. The lowest BCUT2D eigenvalue weighted by Gasteiger charge is -2.62. The Hall–Kier alpha value is -0.120. The SMILES string of the molecule is CC(CC[C@@H](C)[C@H]1CC[C@H]2[C@@H]3C[C@H](O)[C@H]4C[C@H](O)[C@@H](O)C[C@]4(C)[C@H]3CC[C@]12C)C(C)(C)C. The highest BCUT2D eigenvalue weighted by Gasteiger charge is 2.63. The first-order valence-electron chi connectivity index (χ1n) is 13.8. The minimum Gasteiger partial charge on any atom is -0.393 e. The molecule has 1 unspecified atom stereocenters. The van der Waals surface area contributed by atoms with E-state index in [9.17, 15) is 15.3 Å². The average Bonchev–Trinajstić information content (AvgIpc) is 3.05. The maximum atomic E-state index is 11.2. The minimum absolute atomic E-state index is 0.0336. The van der Waals surface area contributed by atoms with Crippen molar-refractivity contribution in [3.8, 4) is 0 Å². The molecule has 0 saturated heterocycles. The number of hydrogen-bond donors (Lipinski definition) is 3. The Morgan fingerprint density at radius 1 is 0.781 bits per heavy atom. The summed E-state index contributed by atoms with van der Waals surface area (Å²) in [6.45, 7) is 17.0. The van der Waals surface area contributed by atoms with E-state index in [1.807, 2.05) is 0 Å². The van der Waals surface area contributed by atoms with Gasteiger partial charge >= 0.3 is 0 Å². The molecule has 0 aliphatic heterocycles. The van der Waals surface area contributed by atoms with E-state index in [0.29, 0.717) is 41.4 Å². The first kappa shape index (κ1) is 25.0. The summed E-state index contributed by atoms with van der Waals surface area (Å²) in [5.74, 6) is 4.36. The molecule has 3 heteroatoms. The lowest BCUT2D eigenvalue weighted by atomic mass is 9.43. The van der Waals surface area contributed by atoms with Crippen molar-refractivity contribution in [2.45, 2.75) is 125 Å². The van der Waals surface area contributed by atoms with Gasteiger partial charge in [-0.25, -0.2) is 0 Å². The molecule has 3 nitrogen and oxygen atoms in total. The van der Waals surface area contributed by atoms with Crippen LogP contribution < -0.4 is 0 Å². The van der Waals surface area contributed by atoms with Gasteiger partial charge < -0.3 is 15.3 Å². The van der Waals surface area contributed by atoms with Crippen LogP contribution in [0.15, 0.2) is 0 Å². The van der Waals surface area contributed by atoms with Crippen molar-refractivity contribution in [3.05, 3.63) is 0 Å². The van der Waals surface area contributed by atoms with Crippen LogP contribution in [0.1, 0.15) is 106 Å². The molecular formula is C29H52O3. The molecule has 0 aromatic heterocycles. The van der Waals surface area contributed by atoms with E-state index < -0.39 is 12.2 Å². The zero-order valence-corrected chi connectivity index (χ0v) is 22.0. The minimum atomic E-state index is -0.666. The standard InChI is InChI=1S/C29H52O3/c1-17(8-9-18(2)27(3,4)5)20-10-11-21-19-14-24(30)23-15-25(31)26(32)16-29(23,7)22(19)12-13-28(20,21)6/h17-26,30-32H,8-16H2,1-7H3/t17-,18?,19+,20-,21+,22+,23-,24+,25+,26+,28-,29-/m1/s1. The Morgan fingerprint density at radius 3 is 2.09 bits per heavy atom. The first-order chi connectivity index (χ1) is 14.8. The fraction of sp³-hybridized carbons (Fsp3) is 1.00. The summed E-state index contributed by atoms with van der Waals surface area (Å²) < 4.78 is 0. The molecule has 12 atom stereocenters. The van der Waals surface area contributed by atoms with Crippen molar-refractivity contribution < 1.29 is 15.3 Å². The molecule has 4 rings (SSSR count). The third-order valence-corrected chi connectivity index (χ3v) is 12.0. The van der Waals surface area contributed by atoms with Crippen molar-refractivity contribution in [3.63, 3.8) is 0 Å². The third kappa shape index (κ3) is 4.01. The molecule has 4 aliphatic carbocycles. The quantitative estimate of drug-likeness (QED) is 0.491. The Balaban J connectivity index is 1.50. The van der Waals surface area contributed by atoms with E-state index in [2.05, 4.69) is 48.5 Å². The van der Waals surface area contributed by atoms with Gasteiger partial charge in [0.05, 0.1) is 18.3 Å². The molecule has 0 aromatic carbocycles. The molecule has 4 saturated carbocycles.